The Morgan fingerprint density at radius 3 is 2.71 bits per heavy atom. The summed E-state index contributed by atoms with van der Waals surface area (Å²) in [5.74, 6) is -0.357. The Kier molecular flexibility index (Phi) is 3.77. The molecule has 76 valence electrons. The fourth-order valence-electron chi connectivity index (χ4n) is 0.948. The van der Waals surface area contributed by atoms with Gasteiger partial charge in [-0.25, -0.2) is 4.39 Å². The quantitative estimate of drug-likeness (QED) is 0.738. The van der Waals surface area contributed by atoms with Gasteiger partial charge in [-0.1, -0.05) is 18.2 Å². The zero-order chi connectivity index (χ0) is 10.6. The molecule has 1 aromatic carbocycles. The second-order valence-electron chi connectivity index (χ2n) is 3.16. The van der Waals surface area contributed by atoms with Gasteiger partial charge in [0.2, 0.25) is 0 Å². The fourth-order valence-corrected chi connectivity index (χ4v) is 0.948. The van der Waals surface area contributed by atoms with Crippen LogP contribution in [0, 0.1) is 5.82 Å². The third-order valence-electron chi connectivity index (χ3n) is 2.02. The largest absolute Gasteiger partial charge is 0.366 e. The topological polar surface area (TPSA) is 26.3 Å². The molecule has 0 fully saturated rings. The summed E-state index contributed by atoms with van der Waals surface area (Å²) in [6.07, 6.45) is -0.477. The van der Waals surface area contributed by atoms with Crippen molar-refractivity contribution in [3.8, 4) is 0 Å². The average Bonchev–Trinajstić information content (AvgIpc) is 2.16. The Morgan fingerprint density at radius 1 is 1.50 bits per heavy atom. The van der Waals surface area contributed by atoms with Crippen LogP contribution in [0.1, 0.15) is 19.4 Å². The molecule has 3 heteroatoms. The monoisotopic (exact) mass is 196 g/mol. The molecular formula is C11H13FO2. The van der Waals surface area contributed by atoms with Crippen LogP contribution >= 0.6 is 0 Å². The van der Waals surface area contributed by atoms with Crippen molar-refractivity contribution in [2.75, 3.05) is 0 Å². The van der Waals surface area contributed by atoms with Gasteiger partial charge in [-0.15, -0.1) is 0 Å². The summed E-state index contributed by atoms with van der Waals surface area (Å²) in [6, 6.07) is 6.37. The van der Waals surface area contributed by atoms with E-state index in [2.05, 4.69) is 0 Å². The maximum atomic E-state index is 13.1. The summed E-state index contributed by atoms with van der Waals surface area (Å²) < 4.78 is 18.3. The molecule has 0 bridgehead atoms. The highest BCUT2D eigenvalue weighted by Gasteiger charge is 2.08. The van der Waals surface area contributed by atoms with Gasteiger partial charge in [0, 0.05) is 5.56 Å². The van der Waals surface area contributed by atoms with E-state index in [-0.39, 0.29) is 18.2 Å². The average molecular weight is 196 g/mol. The molecule has 0 aliphatic rings. The number of ether oxygens (including phenoxy) is 1. The maximum absolute atomic E-state index is 13.1. The minimum Gasteiger partial charge on any atom is -0.366 e. The van der Waals surface area contributed by atoms with Gasteiger partial charge < -0.3 is 4.74 Å². The van der Waals surface area contributed by atoms with Crippen LogP contribution in [0.3, 0.4) is 0 Å². The van der Waals surface area contributed by atoms with Crippen LogP contribution in [-0.2, 0) is 16.1 Å². The smallest absolute Gasteiger partial charge is 0.158 e. The minimum absolute atomic E-state index is 0.0543. The van der Waals surface area contributed by atoms with Crippen molar-refractivity contribution in [3.63, 3.8) is 0 Å². The number of benzene rings is 1. The molecule has 0 aliphatic heterocycles. The summed E-state index contributed by atoms with van der Waals surface area (Å²) in [4.78, 5) is 10.8. The number of Topliss-reactive ketones (excluding diaryl/α,β-unsaturated/α-hetero) is 1. The highest BCUT2D eigenvalue weighted by Crippen LogP contribution is 2.09. The summed E-state index contributed by atoms with van der Waals surface area (Å²) >= 11 is 0. The molecule has 0 saturated carbocycles. The van der Waals surface area contributed by atoms with E-state index in [9.17, 15) is 9.18 Å². The van der Waals surface area contributed by atoms with E-state index in [4.69, 9.17) is 4.74 Å². The number of hydrogen-bond donors (Lipinski definition) is 0. The second-order valence-corrected chi connectivity index (χ2v) is 3.16. The van der Waals surface area contributed by atoms with E-state index in [0.717, 1.165) is 0 Å². The lowest BCUT2D eigenvalue weighted by Crippen LogP contribution is -2.17. The molecule has 14 heavy (non-hydrogen) atoms. The van der Waals surface area contributed by atoms with Crippen molar-refractivity contribution < 1.29 is 13.9 Å². The minimum atomic E-state index is -0.477. The zero-order valence-corrected chi connectivity index (χ0v) is 8.29. The fraction of sp³-hybridized carbons (Fsp3) is 0.364. The Labute approximate surface area is 82.7 Å². The van der Waals surface area contributed by atoms with Gasteiger partial charge in [-0.2, -0.15) is 0 Å². The summed E-state index contributed by atoms with van der Waals surface area (Å²) in [5.41, 5.74) is 0.473. The molecule has 2 nitrogen and oxygen atoms in total. The molecule has 1 rings (SSSR count). The second kappa shape index (κ2) is 4.86. The highest BCUT2D eigenvalue weighted by molar-refractivity contribution is 5.79. The first kappa shape index (κ1) is 10.9. The zero-order valence-electron chi connectivity index (χ0n) is 8.29. The van der Waals surface area contributed by atoms with Crippen LogP contribution in [0.25, 0.3) is 0 Å². The van der Waals surface area contributed by atoms with E-state index < -0.39 is 6.10 Å². The van der Waals surface area contributed by atoms with Crippen molar-refractivity contribution in [3.05, 3.63) is 35.6 Å². The lowest BCUT2D eigenvalue weighted by Gasteiger charge is -2.09. The Balaban J connectivity index is 2.54. The number of ketones is 1. The summed E-state index contributed by atoms with van der Waals surface area (Å²) in [5, 5.41) is 0. The van der Waals surface area contributed by atoms with E-state index in [0.29, 0.717) is 5.56 Å². The van der Waals surface area contributed by atoms with Crippen LogP contribution in [0.5, 0.6) is 0 Å². The van der Waals surface area contributed by atoms with Crippen LogP contribution in [0.15, 0.2) is 24.3 Å². The van der Waals surface area contributed by atoms with Crippen molar-refractivity contribution in [1.29, 1.82) is 0 Å². The Bertz CT molecular complexity index is 323. The summed E-state index contributed by atoms with van der Waals surface area (Å²) in [6.45, 7) is 3.24. The van der Waals surface area contributed by atoms with Gasteiger partial charge in [0.05, 0.1) is 6.61 Å². The Morgan fingerprint density at radius 2 is 2.14 bits per heavy atom. The van der Waals surface area contributed by atoms with Gasteiger partial charge in [-0.05, 0) is 19.9 Å². The molecule has 0 spiro atoms. The number of carbonyl (C=O) groups is 1. The van der Waals surface area contributed by atoms with Gasteiger partial charge >= 0.3 is 0 Å². The van der Waals surface area contributed by atoms with E-state index in [1.807, 2.05) is 0 Å². The van der Waals surface area contributed by atoms with Crippen LogP contribution < -0.4 is 0 Å². The Hall–Kier alpha value is -1.22. The molecule has 0 saturated heterocycles. The number of hydrogen-bond acceptors (Lipinski definition) is 2. The van der Waals surface area contributed by atoms with Gasteiger partial charge in [0.25, 0.3) is 0 Å². The number of rotatable bonds is 4. The molecule has 0 aromatic heterocycles. The molecule has 0 amide bonds. The van der Waals surface area contributed by atoms with Crippen molar-refractivity contribution in [2.24, 2.45) is 0 Å². The first-order valence-corrected chi connectivity index (χ1v) is 4.46. The lowest BCUT2D eigenvalue weighted by atomic mass is 10.2. The number of carbonyl (C=O) groups excluding carboxylic acids is 1. The molecule has 1 atom stereocenters. The third-order valence-corrected chi connectivity index (χ3v) is 2.02. The standard InChI is InChI=1S/C11H13FO2/c1-8(13)9(2)14-7-10-5-3-4-6-11(10)12/h3-6,9H,7H2,1-2H3. The van der Waals surface area contributed by atoms with Crippen molar-refractivity contribution >= 4 is 5.78 Å². The molecule has 1 unspecified atom stereocenters. The normalized spacial score (nSPS) is 12.5. The summed E-state index contributed by atoms with van der Waals surface area (Å²) in [7, 11) is 0. The van der Waals surface area contributed by atoms with Crippen LogP contribution in [0.4, 0.5) is 4.39 Å². The maximum Gasteiger partial charge on any atom is 0.158 e. The predicted molar refractivity (Wildman–Crippen MR) is 51.3 cm³/mol. The van der Waals surface area contributed by atoms with Gasteiger partial charge in [-0.3, -0.25) is 4.79 Å². The molecule has 1 aromatic rings. The molecule has 0 heterocycles. The van der Waals surface area contributed by atoms with Crippen LogP contribution in [0.2, 0.25) is 0 Å². The molecule has 0 N–H and O–H groups in total. The van der Waals surface area contributed by atoms with E-state index in [1.165, 1.54) is 13.0 Å². The van der Waals surface area contributed by atoms with Crippen LogP contribution in [-0.4, -0.2) is 11.9 Å². The molecule has 0 radical (unpaired) electrons. The van der Waals surface area contributed by atoms with Gasteiger partial charge in [0.1, 0.15) is 11.9 Å². The first-order chi connectivity index (χ1) is 6.61. The molecule has 0 aliphatic carbocycles. The van der Waals surface area contributed by atoms with Gasteiger partial charge in [0.15, 0.2) is 5.78 Å². The van der Waals surface area contributed by atoms with Crippen molar-refractivity contribution in [2.45, 2.75) is 26.6 Å². The highest BCUT2D eigenvalue weighted by atomic mass is 19.1. The lowest BCUT2D eigenvalue weighted by molar-refractivity contribution is -0.128. The first-order valence-electron chi connectivity index (χ1n) is 4.46. The third kappa shape index (κ3) is 2.92. The SMILES string of the molecule is CC(=O)C(C)OCc1ccccc1F. The molecular weight excluding hydrogens is 183 g/mol. The van der Waals surface area contributed by atoms with E-state index in [1.54, 1.807) is 25.1 Å². The van der Waals surface area contributed by atoms with E-state index >= 15 is 0 Å². The van der Waals surface area contributed by atoms with Crippen molar-refractivity contribution in [1.82, 2.24) is 0 Å². The number of halogens is 1. The predicted octanol–water partition coefficient (Wildman–Crippen LogP) is 2.32.